The first-order chi connectivity index (χ1) is 29.7. The highest BCUT2D eigenvalue weighted by Gasteiger charge is 2.34. The van der Waals surface area contributed by atoms with Crippen LogP contribution in [-0.4, -0.2) is 107 Å². The van der Waals surface area contributed by atoms with Gasteiger partial charge >= 0.3 is 5.69 Å². The molecule has 1 saturated carbocycles. The minimum absolute atomic E-state index is 0.101. The molecule has 4 aliphatic heterocycles. The number of benzene rings is 3. The summed E-state index contributed by atoms with van der Waals surface area (Å²) in [4.78, 5) is 58.9. The van der Waals surface area contributed by atoms with E-state index in [1.807, 2.05) is 30.3 Å². The number of para-hydroxylation sites is 1. The van der Waals surface area contributed by atoms with Crippen LogP contribution in [0.15, 0.2) is 65.6 Å². The van der Waals surface area contributed by atoms with Crippen molar-refractivity contribution < 1.29 is 23.9 Å². The fraction of sp³-hybridized carbons (Fsp3) is 0.500. The maximum atomic E-state index is 13.5. The number of hydrogen-bond donors (Lipinski definition) is 2. The van der Waals surface area contributed by atoms with Crippen molar-refractivity contribution in [2.24, 2.45) is 13.0 Å². The van der Waals surface area contributed by atoms with Gasteiger partial charge in [-0.05, 0) is 107 Å². The number of rotatable bonds is 6. The smallest absolute Gasteiger partial charge is 0.329 e. The van der Waals surface area contributed by atoms with Crippen molar-refractivity contribution in [1.82, 2.24) is 29.1 Å². The largest absolute Gasteiger partial charge is 0.491 e. The number of imidazole rings is 1. The van der Waals surface area contributed by atoms with Gasteiger partial charge in [-0.2, -0.15) is 5.10 Å². The molecule has 0 radical (unpaired) electrons. The van der Waals surface area contributed by atoms with Gasteiger partial charge in [-0.15, -0.1) is 0 Å². The Morgan fingerprint density at radius 2 is 1.64 bits per heavy atom. The van der Waals surface area contributed by atoms with Crippen molar-refractivity contribution >= 4 is 56.7 Å². The van der Waals surface area contributed by atoms with Crippen molar-refractivity contribution in [3.63, 3.8) is 0 Å². The first kappa shape index (κ1) is 39.5. The molecule has 4 bridgehead atoms. The topological polar surface area (TPSA) is 148 Å². The number of amides is 3. The molecule has 2 aromatic heterocycles. The number of nitrogens with zero attached hydrogens (tertiary/aromatic N) is 7. The lowest BCUT2D eigenvalue weighted by molar-refractivity contribution is -0.135. The van der Waals surface area contributed by atoms with Gasteiger partial charge in [0.2, 0.25) is 11.8 Å². The Morgan fingerprint density at radius 3 is 2.46 bits per heavy atom. The van der Waals surface area contributed by atoms with Gasteiger partial charge in [0, 0.05) is 69.4 Å². The Balaban J connectivity index is 0.776. The van der Waals surface area contributed by atoms with Gasteiger partial charge < -0.3 is 29.5 Å². The maximum absolute atomic E-state index is 13.5. The molecule has 0 spiro atoms. The monoisotopic (exact) mass is 829 g/mol. The molecular weight excluding hydrogens is 775 g/mol. The number of imide groups is 1. The van der Waals surface area contributed by atoms with E-state index in [0.29, 0.717) is 48.9 Å². The van der Waals surface area contributed by atoms with Crippen LogP contribution < -0.4 is 30.9 Å². The molecule has 4 fully saturated rings. The molecule has 1 aliphatic carbocycles. The number of ether oxygens (including phenoxy) is 2. The Morgan fingerprint density at radius 1 is 0.836 bits per heavy atom. The van der Waals surface area contributed by atoms with E-state index in [9.17, 15) is 19.2 Å². The highest BCUT2D eigenvalue weighted by Crippen LogP contribution is 2.38. The lowest BCUT2D eigenvalue weighted by Crippen LogP contribution is -2.45. The zero-order valence-corrected chi connectivity index (χ0v) is 35.1. The van der Waals surface area contributed by atoms with Crippen molar-refractivity contribution in [1.29, 1.82) is 0 Å². The van der Waals surface area contributed by atoms with E-state index in [2.05, 4.69) is 61.5 Å². The summed E-state index contributed by atoms with van der Waals surface area (Å²) in [5, 5.41) is 11.8. The molecule has 2 N–H and O–H groups in total. The fourth-order valence-corrected chi connectivity index (χ4v) is 10.6. The van der Waals surface area contributed by atoms with E-state index >= 15 is 0 Å². The van der Waals surface area contributed by atoms with Crippen molar-refractivity contribution in [2.45, 2.75) is 82.0 Å². The molecule has 15 heteroatoms. The summed E-state index contributed by atoms with van der Waals surface area (Å²) < 4.78 is 17.5. The van der Waals surface area contributed by atoms with Gasteiger partial charge in [-0.25, -0.2) is 4.79 Å². The summed E-state index contributed by atoms with van der Waals surface area (Å²) in [6, 6.07) is 17.6. The van der Waals surface area contributed by atoms with Gasteiger partial charge in [0.25, 0.3) is 5.91 Å². The van der Waals surface area contributed by atoms with Crippen LogP contribution in [0.3, 0.4) is 0 Å². The van der Waals surface area contributed by atoms with E-state index in [4.69, 9.17) is 14.6 Å². The second-order valence-corrected chi connectivity index (χ2v) is 17.8. The second kappa shape index (κ2) is 16.3. The van der Waals surface area contributed by atoms with Crippen molar-refractivity contribution in [3.05, 3.63) is 76.8 Å². The zero-order valence-electron chi connectivity index (χ0n) is 35.1. The molecule has 6 heterocycles. The van der Waals surface area contributed by atoms with Gasteiger partial charge in [0.15, 0.2) is 0 Å². The molecule has 15 nitrogen and oxygen atoms in total. The van der Waals surface area contributed by atoms with E-state index in [0.717, 1.165) is 117 Å². The number of fused-ring (bicyclic) bond motifs is 8. The molecule has 5 aliphatic rings. The zero-order chi connectivity index (χ0) is 41.8. The predicted octanol–water partition coefficient (Wildman–Crippen LogP) is 5.24. The third kappa shape index (κ3) is 7.66. The SMILES string of the molecule is CN(CC1CCC(n2cc3cc4c(cc3n2)N2CC[C@H](C2)OCCOc2cccc(c2)C(=O)N4)CC1)C1CCN(c2cccc3c2n(C)c(=O)n3C2CCC(=O)NC2=O)CC1. The third-order valence-corrected chi connectivity index (χ3v) is 13.9. The van der Waals surface area contributed by atoms with Gasteiger partial charge in [-0.3, -0.25) is 33.5 Å². The van der Waals surface area contributed by atoms with Crippen LogP contribution in [0, 0.1) is 5.92 Å². The second-order valence-electron chi connectivity index (χ2n) is 17.8. The van der Waals surface area contributed by atoms with Gasteiger partial charge in [-0.1, -0.05) is 12.1 Å². The minimum Gasteiger partial charge on any atom is -0.491 e. The van der Waals surface area contributed by atoms with Crippen LogP contribution in [0.1, 0.15) is 80.2 Å². The van der Waals surface area contributed by atoms with Crippen LogP contribution in [0.5, 0.6) is 5.75 Å². The predicted molar refractivity (Wildman–Crippen MR) is 234 cm³/mol. The van der Waals surface area contributed by atoms with E-state index in [1.54, 1.807) is 22.2 Å². The summed E-state index contributed by atoms with van der Waals surface area (Å²) in [5.74, 6) is 0.407. The van der Waals surface area contributed by atoms with Crippen LogP contribution in [0.4, 0.5) is 17.1 Å². The van der Waals surface area contributed by atoms with E-state index in [-0.39, 0.29) is 30.0 Å². The molecule has 10 rings (SSSR count). The quantitative estimate of drug-likeness (QED) is 0.218. The highest BCUT2D eigenvalue weighted by atomic mass is 16.5. The number of carbonyl (C=O) groups excluding carboxylic acids is 3. The lowest BCUT2D eigenvalue weighted by Gasteiger charge is -2.40. The van der Waals surface area contributed by atoms with Crippen LogP contribution in [-0.2, 0) is 21.4 Å². The number of aryl methyl sites for hydroxylation is 1. The summed E-state index contributed by atoms with van der Waals surface area (Å²) >= 11 is 0. The van der Waals surface area contributed by atoms with Crippen LogP contribution >= 0.6 is 0 Å². The van der Waals surface area contributed by atoms with Crippen LogP contribution in [0.25, 0.3) is 21.9 Å². The first-order valence-corrected chi connectivity index (χ1v) is 22.1. The number of piperidine rings is 2. The average Bonchev–Trinajstić information content (AvgIpc) is 3.98. The Hall–Kier alpha value is -5.67. The van der Waals surface area contributed by atoms with Gasteiger partial charge in [0.1, 0.15) is 18.4 Å². The molecule has 3 saturated heterocycles. The summed E-state index contributed by atoms with van der Waals surface area (Å²) in [6.07, 6.45) is 10.2. The molecule has 5 aromatic rings. The lowest BCUT2D eigenvalue weighted by atomic mass is 9.85. The van der Waals surface area contributed by atoms with Gasteiger partial charge in [0.05, 0.1) is 52.4 Å². The Kier molecular flexibility index (Phi) is 10.6. The third-order valence-electron chi connectivity index (χ3n) is 13.9. The Labute approximate surface area is 354 Å². The number of aromatic nitrogens is 4. The summed E-state index contributed by atoms with van der Waals surface area (Å²) in [7, 11) is 4.05. The molecule has 61 heavy (non-hydrogen) atoms. The molecule has 1 unspecified atom stereocenters. The minimum atomic E-state index is -0.697. The van der Waals surface area contributed by atoms with E-state index in [1.165, 1.54) is 0 Å². The van der Waals surface area contributed by atoms with Crippen molar-refractivity contribution in [3.8, 4) is 5.75 Å². The van der Waals surface area contributed by atoms with E-state index < -0.39 is 11.9 Å². The average molecular weight is 830 g/mol. The Bertz CT molecular complexity index is 2550. The highest BCUT2D eigenvalue weighted by molar-refractivity contribution is 6.08. The molecule has 3 aromatic carbocycles. The number of anilines is 3. The van der Waals surface area contributed by atoms with Crippen LogP contribution in [0.2, 0.25) is 0 Å². The summed E-state index contributed by atoms with van der Waals surface area (Å²) in [5.41, 5.74) is 5.58. The number of carbonyl (C=O) groups is 3. The first-order valence-electron chi connectivity index (χ1n) is 22.1. The maximum Gasteiger partial charge on any atom is 0.329 e. The normalized spacial score (nSPS) is 24.1. The fourth-order valence-electron chi connectivity index (χ4n) is 10.6. The summed E-state index contributed by atoms with van der Waals surface area (Å²) in [6.45, 7) is 5.36. The standard InChI is InChI=1S/C46H55N9O6/c1-50(32-15-18-52(19-16-32)38-7-4-8-39-43(38)51(2)46(59)55(39)40-13-14-42(56)48-45(40)58)26-29-9-11-33(12-10-29)54-27-31-24-37-41(25-36(31)49-54)53-20-17-35(28-53)61-22-21-60-34-6-3-5-30(23-34)44(57)47-37/h3-8,23-25,27,29,32-33,35,40H,9-22,26,28H2,1-2H3,(H,47,57)(H,48,56,58)/t29?,33?,35-,40?/m1/s1. The van der Waals surface area contributed by atoms with Crippen molar-refractivity contribution in [2.75, 3.05) is 68.1 Å². The molecule has 3 amide bonds. The number of nitrogens with one attached hydrogen (secondary N) is 2. The molecule has 2 atom stereocenters. The molecule has 320 valence electrons. The number of hydrogen-bond acceptors (Lipinski definition) is 10. The molecular formula is C46H55N9O6.